The van der Waals surface area contributed by atoms with Gasteiger partial charge in [0, 0.05) is 19.6 Å². The number of ether oxygens (including phenoxy) is 1. The molecule has 1 aliphatic rings. The van der Waals surface area contributed by atoms with Crippen LogP contribution in [0.5, 0.6) is 5.75 Å². The number of benzene rings is 1. The molecule has 0 radical (unpaired) electrons. The molecule has 3 nitrogen and oxygen atoms in total. The zero-order valence-corrected chi connectivity index (χ0v) is 13.8. The Hall–Kier alpha value is -1.06. The molecular formula is C18H29NO2. The number of aliphatic hydroxyl groups excluding tert-OH is 1. The van der Waals surface area contributed by atoms with Crippen molar-refractivity contribution in [3.63, 3.8) is 0 Å². The Bertz CT molecular complexity index is 430. The van der Waals surface area contributed by atoms with Crippen LogP contribution in [-0.2, 0) is 0 Å². The normalized spacial score (nSPS) is 24.8. The Morgan fingerprint density at radius 1 is 1.14 bits per heavy atom. The molecule has 0 aromatic heterocycles. The van der Waals surface area contributed by atoms with Gasteiger partial charge in [-0.25, -0.2) is 0 Å². The number of aliphatic hydroxyl groups is 1. The highest BCUT2D eigenvalue weighted by molar-refractivity contribution is 5.32. The molecule has 0 spiro atoms. The Morgan fingerprint density at radius 2 is 1.71 bits per heavy atom. The van der Waals surface area contributed by atoms with Gasteiger partial charge < -0.3 is 14.7 Å². The van der Waals surface area contributed by atoms with Gasteiger partial charge in [0.1, 0.15) is 18.5 Å². The largest absolute Gasteiger partial charge is 0.491 e. The lowest BCUT2D eigenvalue weighted by Crippen LogP contribution is -2.44. The summed E-state index contributed by atoms with van der Waals surface area (Å²) in [5.41, 5.74) is 2.39. The molecule has 1 heterocycles. The van der Waals surface area contributed by atoms with Crippen LogP contribution in [0.1, 0.15) is 31.4 Å². The van der Waals surface area contributed by atoms with Crippen LogP contribution in [0.3, 0.4) is 0 Å². The molecule has 0 bridgehead atoms. The molecule has 1 aromatic carbocycles. The van der Waals surface area contributed by atoms with E-state index in [1.807, 2.05) is 12.1 Å². The molecule has 3 heteroatoms. The Labute approximate surface area is 128 Å². The smallest absolute Gasteiger partial charge is 0.119 e. The summed E-state index contributed by atoms with van der Waals surface area (Å²) in [6.07, 6.45) is 0.870. The third-order valence-corrected chi connectivity index (χ3v) is 4.05. The molecular weight excluding hydrogens is 262 g/mol. The van der Waals surface area contributed by atoms with Crippen LogP contribution in [0.4, 0.5) is 0 Å². The van der Waals surface area contributed by atoms with E-state index in [2.05, 4.69) is 38.7 Å². The first-order valence-electron chi connectivity index (χ1n) is 8.04. The van der Waals surface area contributed by atoms with E-state index < -0.39 is 6.10 Å². The second kappa shape index (κ2) is 7.28. The fraction of sp³-hybridized carbons (Fsp3) is 0.667. The van der Waals surface area contributed by atoms with Gasteiger partial charge in [-0.15, -0.1) is 0 Å². The molecule has 0 unspecified atom stereocenters. The van der Waals surface area contributed by atoms with E-state index in [0.29, 0.717) is 13.2 Å². The van der Waals surface area contributed by atoms with Crippen molar-refractivity contribution in [1.29, 1.82) is 0 Å². The second-order valence-electron chi connectivity index (χ2n) is 6.95. The maximum atomic E-state index is 10.2. The fourth-order valence-electron chi connectivity index (χ4n) is 3.50. The number of hydrogen-bond donors (Lipinski definition) is 1. The summed E-state index contributed by atoms with van der Waals surface area (Å²) in [6.45, 7) is 12.0. The van der Waals surface area contributed by atoms with Crippen LogP contribution in [0.25, 0.3) is 0 Å². The van der Waals surface area contributed by atoms with Gasteiger partial charge in [-0.2, -0.15) is 0 Å². The second-order valence-corrected chi connectivity index (χ2v) is 6.95. The van der Waals surface area contributed by atoms with E-state index in [4.69, 9.17) is 4.74 Å². The average Bonchev–Trinajstić information content (AvgIpc) is 2.34. The average molecular weight is 291 g/mol. The predicted molar refractivity (Wildman–Crippen MR) is 86.8 cm³/mol. The molecule has 1 aromatic rings. The quantitative estimate of drug-likeness (QED) is 0.905. The van der Waals surface area contributed by atoms with E-state index in [-0.39, 0.29) is 0 Å². The molecule has 3 atom stereocenters. The van der Waals surface area contributed by atoms with Crippen molar-refractivity contribution >= 4 is 0 Å². The van der Waals surface area contributed by atoms with Crippen LogP contribution in [0.2, 0.25) is 0 Å². The topological polar surface area (TPSA) is 32.7 Å². The van der Waals surface area contributed by atoms with Crippen LogP contribution in [0, 0.1) is 25.7 Å². The third kappa shape index (κ3) is 5.33. The Morgan fingerprint density at radius 3 is 2.29 bits per heavy atom. The highest BCUT2D eigenvalue weighted by atomic mass is 16.5. The number of rotatable bonds is 5. The van der Waals surface area contributed by atoms with Gasteiger partial charge in [-0.3, -0.25) is 0 Å². The first kappa shape index (κ1) is 16.3. The van der Waals surface area contributed by atoms with Gasteiger partial charge in [-0.05, 0) is 55.4 Å². The Kier molecular flexibility index (Phi) is 5.65. The highest BCUT2D eigenvalue weighted by Gasteiger charge is 2.23. The molecule has 1 N–H and O–H groups in total. The highest BCUT2D eigenvalue weighted by Crippen LogP contribution is 2.21. The summed E-state index contributed by atoms with van der Waals surface area (Å²) < 4.78 is 5.75. The number of aryl methyl sites for hydroxylation is 2. The molecule has 21 heavy (non-hydrogen) atoms. The molecule has 118 valence electrons. The van der Waals surface area contributed by atoms with Crippen LogP contribution in [0.15, 0.2) is 18.2 Å². The first-order valence-corrected chi connectivity index (χ1v) is 8.04. The van der Waals surface area contributed by atoms with Gasteiger partial charge in [0.2, 0.25) is 0 Å². The summed E-state index contributed by atoms with van der Waals surface area (Å²) in [4.78, 5) is 2.37. The standard InChI is InChI=1S/C18H29NO2/c1-13-5-14(2)8-18(7-13)21-12-17(20)11-19-9-15(3)6-16(4)10-19/h5,7-8,15-17,20H,6,9-12H2,1-4H3/t15-,16-,17+/m0/s1. The minimum Gasteiger partial charge on any atom is -0.491 e. The number of β-amino-alcohol motifs (C(OH)–C–C–N with tert-alkyl or cyclic N) is 1. The molecule has 0 saturated carbocycles. The number of piperidine rings is 1. The Balaban J connectivity index is 1.80. The van der Waals surface area contributed by atoms with Crippen molar-refractivity contribution in [3.05, 3.63) is 29.3 Å². The van der Waals surface area contributed by atoms with Crippen molar-refractivity contribution in [3.8, 4) is 5.75 Å². The van der Waals surface area contributed by atoms with Crippen molar-refractivity contribution < 1.29 is 9.84 Å². The molecule has 2 rings (SSSR count). The van der Waals surface area contributed by atoms with Crippen molar-refractivity contribution in [2.45, 2.75) is 40.2 Å². The van der Waals surface area contributed by atoms with Crippen LogP contribution < -0.4 is 4.74 Å². The van der Waals surface area contributed by atoms with Gasteiger partial charge in [-0.1, -0.05) is 19.9 Å². The van der Waals surface area contributed by atoms with Gasteiger partial charge >= 0.3 is 0 Å². The molecule has 1 saturated heterocycles. The van der Waals surface area contributed by atoms with Crippen molar-refractivity contribution in [2.75, 3.05) is 26.2 Å². The fourth-order valence-corrected chi connectivity index (χ4v) is 3.50. The SMILES string of the molecule is Cc1cc(C)cc(OC[C@H](O)CN2C[C@@H](C)C[C@H](C)C2)c1. The van der Waals surface area contributed by atoms with Gasteiger partial charge in [0.05, 0.1) is 0 Å². The summed E-state index contributed by atoms with van der Waals surface area (Å²) in [6, 6.07) is 6.16. The molecule has 1 fully saturated rings. The number of nitrogens with zero attached hydrogens (tertiary/aromatic N) is 1. The number of hydrogen-bond acceptors (Lipinski definition) is 3. The lowest BCUT2D eigenvalue weighted by atomic mass is 9.92. The van der Waals surface area contributed by atoms with Crippen molar-refractivity contribution in [2.24, 2.45) is 11.8 Å². The third-order valence-electron chi connectivity index (χ3n) is 4.05. The molecule has 0 aliphatic carbocycles. The lowest BCUT2D eigenvalue weighted by Gasteiger charge is -2.35. The monoisotopic (exact) mass is 291 g/mol. The summed E-state index contributed by atoms with van der Waals surface area (Å²) in [7, 11) is 0. The lowest BCUT2D eigenvalue weighted by molar-refractivity contribution is 0.0428. The summed E-state index contributed by atoms with van der Waals surface area (Å²) >= 11 is 0. The maximum Gasteiger partial charge on any atom is 0.119 e. The van der Waals surface area contributed by atoms with Crippen LogP contribution >= 0.6 is 0 Å². The summed E-state index contributed by atoms with van der Waals surface area (Å²) in [5, 5.41) is 10.2. The first-order chi connectivity index (χ1) is 9.92. The molecule has 1 aliphatic heterocycles. The van der Waals surface area contributed by atoms with E-state index in [1.165, 1.54) is 17.5 Å². The van der Waals surface area contributed by atoms with Gasteiger partial charge in [0.25, 0.3) is 0 Å². The summed E-state index contributed by atoms with van der Waals surface area (Å²) in [5.74, 6) is 2.30. The maximum absolute atomic E-state index is 10.2. The van der Waals surface area contributed by atoms with E-state index in [0.717, 1.165) is 30.7 Å². The zero-order valence-electron chi connectivity index (χ0n) is 13.8. The van der Waals surface area contributed by atoms with E-state index in [1.54, 1.807) is 0 Å². The predicted octanol–water partition coefficient (Wildman–Crippen LogP) is 3.02. The van der Waals surface area contributed by atoms with Crippen molar-refractivity contribution in [1.82, 2.24) is 4.90 Å². The zero-order chi connectivity index (χ0) is 15.4. The van der Waals surface area contributed by atoms with Gasteiger partial charge in [0.15, 0.2) is 0 Å². The van der Waals surface area contributed by atoms with Crippen LogP contribution in [-0.4, -0.2) is 42.4 Å². The molecule has 0 amide bonds. The van der Waals surface area contributed by atoms with E-state index in [9.17, 15) is 5.11 Å². The van der Waals surface area contributed by atoms with E-state index >= 15 is 0 Å². The minimum atomic E-state index is -0.427. The minimum absolute atomic E-state index is 0.363. The number of likely N-dealkylation sites (tertiary alicyclic amines) is 1.